The lowest BCUT2D eigenvalue weighted by Crippen LogP contribution is -2.14. The third-order valence-electron chi connectivity index (χ3n) is 3.74. The van der Waals surface area contributed by atoms with Crippen molar-refractivity contribution in [2.45, 2.75) is 5.22 Å². The first-order valence-electron chi connectivity index (χ1n) is 8.23. The number of non-ortho nitro benzene ring substituents is 1. The van der Waals surface area contributed by atoms with Gasteiger partial charge in [-0.25, -0.2) is 0 Å². The first kappa shape index (κ1) is 20.1. The average molecular weight is 416 g/mol. The molecule has 1 heterocycles. The maximum Gasteiger partial charge on any atom is 0.277 e. The second-order valence-electron chi connectivity index (χ2n) is 5.58. The lowest BCUT2D eigenvalue weighted by atomic mass is 10.2. The fraction of sp³-hybridized carbons (Fsp3) is 0.167. The van der Waals surface area contributed by atoms with E-state index < -0.39 is 4.92 Å². The minimum atomic E-state index is -0.542. The van der Waals surface area contributed by atoms with Crippen LogP contribution in [0.4, 0.5) is 11.4 Å². The first-order chi connectivity index (χ1) is 14.0. The molecule has 0 aliphatic carbocycles. The number of carbonyl (C=O) groups excluding carboxylic acids is 1. The third-order valence-corrected chi connectivity index (χ3v) is 4.56. The minimum absolute atomic E-state index is 0.00435. The van der Waals surface area contributed by atoms with E-state index >= 15 is 0 Å². The summed E-state index contributed by atoms with van der Waals surface area (Å²) in [5.74, 6) is 0.877. The summed E-state index contributed by atoms with van der Waals surface area (Å²) in [6.07, 6.45) is 0. The van der Waals surface area contributed by atoms with Gasteiger partial charge in [0.05, 0.1) is 36.6 Å². The number of hydrogen-bond donors (Lipinski definition) is 1. The molecule has 150 valence electrons. The molecule has 10 nitrogen and oxygen atoms in total. The van der Waals surface area contributed by atoms with E-state index in [2.05, 4.69) is 15.5 Å². The molecule has 0 aliphatic rings. The smallest absolute Gasteiger partial charge is 0.277 e. The Morgan fingerprint density at radius 1 is 1.17 bits per heavy atom. The number of rotatable bonds is 8. The molecule has 3 aromatic rings. The van der Waals surface area contributed by atoms with Crippen LogP contribution < -0.4 is 14.8 Å². The van der Waals surface area contributed by atoms with Crippen LogP contribution in [0, 0.1) is 10.1 Å². The number of hydrogen-bond acceptors (Lipinski definition) is 9. The highest BCUT2D eigenvalue weighted by Crippen LogP contribution is 2.29. The van der Waals surface area contributed by atoms with Gasteiger partial charge in [-0.3, -0.25) is 14.9 Å². The van der Waals surface area contributed by atoms with E-state index in [1.165, 1.54) is 25.3 Å². The lowest BCUT2D eigenvalue weighted by molar-refractivity contribution is -0.384. The van der Waals surface area contributed by atoms with Gasteiger partial charge in [-0.15, -0.1) is 10.2 Å². The summed E-state index contributed by atoms with van der Waals surface area (Å²) in [5.41, 5.74) is 0.921. The zero-order chi connectivity index (χ0) is 20.8. The summed E-state index contributed by atoms with van der Waals surface area (Å²) in [4.78, 5) is 22.5. The molecule has 3 rings (SSSR count). The first-order valence-corrected chi connectivity index (χ1v) is 9.21. The molecular weight excluding hydrogens is 400 g/mol. The van der Waals surface area contributed by atoms with Crippen LogP contribution in [0.1, 0.15) is 0 Å². The minimum Gasteiger partial charge on any atom is -0.497 e. The Hall–Kier alpha value is -3.60. The van der Waals surface area contributed by atoms with Gasteiger partial charge in [-0.1, -0.05) is 11.8 Å². The van der Waals surface area contributed by atoms with E-state index in [1.807, 2.05) is 0 Å². The Kier molecular flexibility index (Phi) is 6.29. The zero-order valence-electron chi connectivity index (χ0n) is 15.4. The summed E-state index contributed by atoms with van der Waals surface area (Å²) in [6.45, 7) is 0. The van der Waals surface area contributed by atoms with Gasteiger partial charge >= 0.3 is 0 Å². The second-order valence-corrected chi connectivity index (χ2v) is 6.51. The van der Waals surface area contributed by atoms with Crippen molar-refractivity contribution < 1.29 is 23.6 Å². The molecule has 2 aromatic carbocycles. The number of benzene rings is 2. The van der Waals surface area contributed by atoms with E-state index in [0.717, 1.165) is 17.3 Å². The van der Waals surface area contributed by atoms with E-state index in [4.69, 9.17) is 13.9 Å². The van der Waals surface area contributed by atoms with Crippen molar-refractivity contribution in [3.63, 3.8) is 0 Å². The van der Waals surface area contributed by atoms with Gasteiger partial charge in [0, 0.05) is 11.6 Å². The standard InChI is InChI=1S/C18H16N4O6S/c1-26-13-6-3-11(4-7-13)17-20-21-18(28-17)29-10-16(23)19-14-8-5-12(22(24)25)9-15(14)27-2/h3-9H,10H2,1-2H3,(H,19,23). The van der Waals surface area contributed by atoms with Crippen molar-refractivity contribution in [1.82, 2.24) is 10.2 Å². The van der Waals surface area contributed by atoms with Gasteiger partial charge < -0.3 is 19.2 Å². The fourth-order valence-corrected chi connectivity index (χ4v) is 2.89. The normalized spacial score (nSPS) is 10.4. The van der Waals surface area contributed by atoms with Crippen LogP contribution >= 0.6 is 11.8 Å². The number of aromatic nitrogens is 2. The maximum absolute atomic E-state index is 12.2. The molecule has 11 heteroatoms. The number of nitrogens with zero attached hydrogens (tertiary/aromatic N) is 3. The maximum atomic E-state index is 12.2. The predicted molar refractivity (Wildman–Crippen MR) is 105 cm³/mol. The van der Waals surface area contributed by atoms with Crippen LogP contribution in [-0.4, -0.2) is 41.0 Å². The number of nitro groups is 1. The van der Waals surface area contributed by atoms with Crippen LogP contribution in [0.3, 0.4) is 0 Å². The molecule has 0 aliphatic heterocycles. The Labute approximate surface area is 169 Å². The molecule has 29 heavy (non-hydrogen) atoms. The summed E-state index contributed by atoms with van der Waals surface area (Å²) in [6, 6.07) is 11.1. The third kappa shape index (κ3) is 5.02. The van der Waals surface area contributed by atoms with Crippen LogP contribution in [0.5, 0.6) is 11.5 Å². The largest absolute Gasteiger partial charge is 0.497 e. The number of thioether (sulfide) groups is 1. The summed E-state index contributed by atoms with van der Waals surface area (Å²) in [7, 11) is 2.94. The lowest BCUT2D eigenvalue weighted by Gasteiger charge is -2.09. The molecule has 0 radical (unpaired) electrons. The molecule has 1 aromatic heterocycles. The van der Waals surface area contributed by atoms with Crippen molar-refractivity contribution in [3.05, 3.63) is 52.6 Å². The second kappa shape index (κ2) is 9.06. The highest BCUT2D eigenvalue weighted by molar-refractivity contribution is 7.99. The Balaban J connectivity index is 1.60. The van der Waals surface area contributed by atoms with Crippen LogP contribution in [0.2, 0.25) is 0 Å². The number of anilines is 1. The Bertz CT molecular complexity index is 1020. The number of nitro benzene ring substituents is 1. The number of ether oxygens (including phenoxy) is 2. The number of nitrogens with one attached hydrogen (secondary N) is 1. The fourth-order valence-electron chi connectivity index (χ4n) is 2.33. The topological polar surface area (TPSA) is 130 Å². The van der Waals surface area contributed by atoms with Crippen LogP contribution in [-0.2, 0) is 4.79 Å². The van der Waals surface area contributed by atoms with E-state index in [-0.39, 0.29) is 28.3 Å². The molecule has 0 unspecified atom stereocenters. The SMILES string of the molecule is COc1ccc(-c2nnc(SCC(=O)Nc3ccc([N+](=O)[O-])cc3OC)o2)cc1. The number of amides is 1. The monoisotopic (exact) mass is 416 g/mol. The van der Waals surface area contributed by atoms with Gasteiger partial charge in [0.1, 0.15) is 11.5 Å². The average Bonchev–Trinajstić information content (AvgIpc) is 3.21. The quantitative estimate of drug-likeness (QED) is 0.333. The Morgan fingerprint density at radius 2 is 1.93 bits per heavy atom. The summed E-state index contributed by atoms with van der Waals surface area (Å²) < 4.78 is 15.7. The molecule has 0 saturated heterocycles. The Morgan fingerprint density at radius 3 is 2.59 bits per heavy atom. The molecule has 0 spiro atoms. The van der Waals surface area contributed by atoms with E-state index in [1.54, 1.807) is 31.4 Å². The van der Waals surface area contributed by atoms with Crippen LogP contribution in [0.25, 0.3) is 11.5 Å². The van der Waals surface area contributed by atoms with Gasteiger partial charge in [0.2, 0.25) is 11.8 Å². The van der Waals surface area contributed by atoms with Crippen molar-refractivity contribution in [2.75, 3.05) is 25.3 Å². The molecule has 0 atom stereocenters. The molecular formula is C18H16N4O6S. The van der Waals surface area contributed by atoms with E-state index in [9.17, 15) is 14.9 Å². The molecule has 0 fully saturated rings. The van der Waals surface area contributed by atoms with Gasteiger partial charge in [0.25, 0.3) is 10.9 Å². The van der Waals surface area contributed by atoms with Crippen molar-refractivity contribution in [3.8, 4) is 23.0 Å². The number of methoxy groups -OCH3 is 2. The summed E-state index contributed by atoms with van der Waals surface area (Å²) in [5, 5.41) is 21.6. The molecule has 0 saturated carbocycles. The van der Waals surface area contributed by atoms with Gasteiger partial charge in [-0.2, -0.15) is 0 Å². The van der Waals surface area contributed by atoms with Crippen molar-refractivity contribution in [2.24, 2.45) is 0 Å². The molecule has 0 bridgehead atoms. The predicted octanol–water partition coefficient (Wildman–Crippen LogP) is 3.39. The van der Waals surface area contributed by atoms with Crippen molar-refractivity contribution in [1.29, 1.82) is 0 Å². The van der Waals surface area contributed by atoms with Gasteiger partial charge in [-0.05, 0) is 30.3 Å². The van der Waals surface area contributed by atoms with Crippen molar-refractivity contribution >= 4 is 29.0 Å². The molecule has 1 amide bonds. The van der Waals surface area contributed by atoms with Crippen LogP contribution in [0.15, 0.2) is 52.1 Å². The highest BCUT2D eigenvalue weighted by atomic mass is 32.2. The number of carbonyl (C=O) groups is 1. The highest BCUT2D eigenvalue weighted by Gasteiger charge is 2.15. The van der Waals surface area contributed by atoms with E-state index in [0.29, 0.717) is 17.3 Å². The zero-order valence-corrected chi connectivity index (χ0v) is 16.3. The molecule has 1 N–H and O–H groups in total. The van der Waals surface area contributed by atoms with Gasteiger partial charge in [0.15, 0.2) is 0 Å². The summed E-state index contributed by atoms with van der Waals surface area (Å²) >= 11 is 1.07.